The van der Waals surface area contributed by atoms with Crippen molar-refractivity contribution in [3.05, 3.63) is 22.8 Å². The highest BCUT2D eigenvalue weighted by Crippen LogP contribution is 2.40. The SMILES string of the molecule is Nc1nc2c(Br)cccn2c1SC(F)(F)F. The van der Waals surface area contributed by atoms with Crippen LogP contribution in [0.3, 0.4) is 0 Å². The van der Waals surface area contributed by atoms with Crippen molar-refractivity contribution in [3.63, 3.8) is 0 Å². The van der Waals surface area contributed by atoms with Crippen LogP contribution in [0.5, 0.6) is 0 Å². The molecule has 0 fully saturated rings. The van der Waals surface area contributed by atoms with E-state index in [0.29, 0.717) is 10.1 Å². The number of nitrogens with two attached hydrogens (primary N) is 1. The number of rotatable bonds is 1. The Hall–Kier alpha value is -0.890. The molecule has 0 bridgehead atoms. The van der Waals surface area contributed by atoms with Crippen molar-refractivity contribution in [1.29, 1.82) is 0 Å². The molecule has 2 aromatic heterocycles. The van der Waals surface area contributed by atoms with Gasteiger partial charge in [0.25, 0.3) is 0 Å². The monoisotopic (exact) mass is 311 g/mol. The number of aromatic nitrogens is 2. The summed E-state index contributed by atoms with van der Waals surface area (Å²) in [5.41, 5.74) is 1.44. The zero-order valence-corrected chi connectivity index (χ0v) is 10.0. The highest BCUT2D eigenvalue weighted by Gasteiger charge is 2.32. The third-order valence-corrected chi connectivity index (χ3v) is 3.25. The van der Waals surface area contributed by atoms with Gasteiger partial charge < -0.3 is 5.73 Å². The number of alkyl halides is 3. The summed E-state index contributed by atoms with van der Waals surface area (Å²) in [7, 11) is 0. The van der Waals surface area contributed by atoms with Gasteiger partial charge in [-0.3, -0.25) is 4.40 Å². The number of pyridine rings is 1. The zero-order valence-electron chi connectivity index (χ0n) is 7.62. The molecule has 86 valence electrons. The van der Waals surface area contributed by atoms with Gasteiger partial charge in [0.2, 0.25) is 0 Å². The van der Waals surface area contributed by atoms with Crippen molar-refractivity contribution in [1.82, 2.24) is 9.38 Å². The lowest BCUT2D eigenvalue weighted by Gasteiger charge is -2.05. The summed E-state index contributed by atoms with van der Waals surface area (Å²) in [6, 6.07) is 3.29. The molecule has 0 atom stereocenters. The average molecular weight is 312 g/mol. The van der Waals surface area contributed by atoms with Gasteiger partial charge in [0.1, 0.15) is 5.03 Å². The number of imidazole rings is 1. The van der Waals surface area contributed by atoms with Gasteiger partial charge in [-0.15, -0.1) is 0 Å². The van der Waals surface area contributed by atoms with E-state index < -0.39 is 5.51 Å². The van der Waals surface area contributed by atoms with Crippen LogP contribution < -0.4 is 5.73 Å². The summed E-state index contributed by atoms with van der Waals surface area (Å²) >= 11 is 2.92. The Morgan fingerprint density at radius 2 is 2.12 bits per heavy atom. The molecule has 2 heterocycles. The number of hydrogen-bond acceptors (Lipinski definition) is 3. The number of thioether (sulfide) groups is 1. The molecule has 0 saturated heterocycles. The molecule has 3 nitrogen and oxygen atoms in total. The van der Waals surface area contributed by atoms with E-state index in [0.717, 1.165) is 0 Å². The fourth-order valence-electron chi connectivity index (χ4n) is 1.24. The molecule has 2 N–H and O–H groups in total. The molecule has 0 radical (unpaired) electrons. The van der Waals surface area contributed by atoms with Gasteiger partial charge in [0.15, 0.2) is 11.5 Å². The van der Waals surface area contributed by atoms with Gasteiger partial charge in [-0.25, -0.2) is 4.98 Å². The van der Waals surface area contributed by atoms with Crippen LogP contribution in [0.15, 0.2) is 27.8 Å². The Kier molecular flexibility index (Phi) is 2.79. The molecule has 0 aliphatic rings. The maximum absolute atomic E-state index is 12.3. The van der Waals surface area contributed by atoms with Crippen LogP contribution in [0, 0.1) is 0 Å². The Balaban J connectivity index is 2.61. The summed E-state index contributed by atoms with van der Waals surface area (Å²) in [4.78, 5) is 3.87. The maximum Gasteiger partial charge on any atom is 0.447 e. The first-order valence-electron chi connectivity index (χ1n) is 4.06. The van der Waals surface area contributed by atoms with E-state index in [1.807, 2.05) is 0 Å². The molecule has 0 unspecified atom stereocenters. The van der Waals surface area contributed by atoms with Gasteiger partial charge in [0, 0.05) is 18.0 Å². The van der Waals surface area contributed by atoms with Gasteiger partial charge in [-0.2, -0.15) is 13.2 Å². The molecule has 2 rings (SSSR count). The summed E-state index contributed by atoms with van der Waals surface area (Å²) in [6.45, 7) is 0. The van der Waals surface area contributed by atoms with Gasteiger partial charge in [-0.05, 0) is 28.1 Å². The minimum atomic E-state index is -4.38. The van der Waals surface area contributed by atoms with E-state index in [9.17, 15) is 13.2 Å². The van der Waals surface area contributed by atoms with Crippen LogP contribution in [-0.2, 0) is 0 Å². The Morgan fingerprint density at radius 3 is 2.75 bits per heavy atom. The summed E-state index contributed by atoms with van der Waals surface area (Å²) in [5, 5.41) is -0.121. The van der Waals surface area contributed by atoms with Crippen LogP contribution in [0.1, 0.15) is 0 Å². The molecule has 0 aliphatic heterocycles. The van der Waals surface area contributed by atoms with Crippen LogP contribution in [0.25, 0.3) is 5.65 Å². The lowest BCUT2D eigenvalue weighted by Crippen LogP contribution is -2.02. The smallest absolute Gasteiger partial charge is 0.381 e. The van der Waals surface area contributed by atoms with Crippen molar-refractivity contribution < 1.29 is 13.2 Å². The van der Waals surface area contributed by atoms with Crippen LogP contribution in [0.2, 0.25) is 0 Å². The minimum Gasteiger partial charge on any atom is -0.381 e. The Morgan fingerprint density at radius 1 is 1.44 bits per heavy atom. The molecule has 0 aromatic carbocycles. The van der Waals surface area contributed by atoms with Gasteiger partial charge in [0.05, 0.1) is 4.47 Å². The van der Waals surface area contributed by atoms with Crippen LogP contribution in [0.4, 0.5) is 19.0 Å². The normalized spacial score (nSPS) is 12.2. The van der Waals surface area contributed by atoms with Crippen molar-refractivity contribution in [2.24, 2.45) is 0 Å². The first kappa shape index (κ1) is 11.6. The topological polar surface area (TPSA) is 43.3 Å². The van der Waals surface area contributed by atoms with E-state index in [1.54, 1.807) is 12.1 Å². The van der Waals surface area contributed by atoms with Crippen molar-refractivity contribution in [2.75, 3.05) is 5.73 Å². The van der Waals surface area contributed by atoms with Crippen LogP contribution in [-0.4, -0.2) is 14.9 Å². The quantitative estimate of drug-likeness (QED) is 0.822. The van der Waals surface area contributed by atoms with E-state index in [2.05, 4.69) is 20.9 Å². The number of nitrogen functional groups attached to an aromatic ring is 1. The summed E-state index contributed by atoms with van der Waals surface area (Å²) in [5.74, 6) is -0.130. The minimum absolute atomic E-state index is 0.121. The molecule has 0 spiro atoms. The molecule has 16 heavy (non-hydrogen) atoms. The number of fused-ring (bicyclic) bond motifs is 1. The fourth-order valence-corrected chi connectivity index (χ4v) is 2.29. The Bertz CT molecular complexity index is 537. The van der Waals surface area contributed by atoms with Crippen molar-refractivity contribution in [2.45, 2.75) is 10.5 Å². The molecular weight excluding hydrogens is 307 g/mol. The molecule has 0 amide bonds. The molecule has 8 heteroatoms. The van der Waals surface area contributed by atoms with Crippen molar-refractivity contribution in [3.8, 4) is 0 Å². The highest BCUT2D eigenvalue weighted by atomic mass is 79.9. The zero-order chi connectivity index (χ0) is 11.9. The van der Waals surface area contributed by atoms with Gasteiger partial charge >= 0.3 is 5.51 Å². The summed E-state index contributed by atoms with van der Waals surface area (Å²) in [6.07, 6.45) is 1.48. The molecular formula is C8H5BrF3N3S. The second kappa shape index (κ2) is 3.85. The molecule has 0 aliphatic carbocycles. The number of nitrogens with zero attached hydrogens (tertiary/aromatic N) is 2. The lowest BCUT2D eigenvalue weighted by molar-refractivity contribution is -0.0329. The van der Waals surface area contributed by atoms with Crippen molar-refractivity contribution >= 4 is 39.2 Å². The van der Waals surface area contributed by atoms with Gasteiger partial charge in [-0.1, -0.05) is 0 Å². The first-order chi connectivity index (χ1) is 7.38. The standard InChI is InChI=1S/C8H5BrF3N3S/c9-4-2-1-3-15-6(4)14-5(13)7(15)16-8(10,11)12/h1-3H,13H2. The van der Waals surface area contributed by atoms with E-state index in [4.69, 9.17) is 5.73 Å². The lowest BCUT2D eigenvalue weighted by atomic mass is 10.5. The Labute approximate surface area is 101 Å². The number of anilines is 1. The predicted molar refractivity (Wildman–Crippen MR) is 59.2 cm³/mol. The second-order valence-corrected chi connectivity index (χ2v) is 4.81. The largest absolute Gasteiger partial charge is 0.447 e. The average Bonchev–Trinajstić information content (AvgIpc) is 2.44. The summed E-state index contributed by atoms with van der Waals surface area (Å²) < 4.78 is 38.7. The second-order valence-electron chi connectivity index (χ2n) is 2.90. The molecule has 0 saturated carbocycles. The molecule has 2 aromatic rings. The highest BCUT2D eigenvalue weighted by molar-refractivity contribution is 9.10. The van der Waals surface area contributed by atoms with E-state index in [-0.39, 0.29) is 22.6 Å². The fraction of sp³-hybridized carbons (Fsp3) is 0.125. The predicted octanol–water partition coefficient (Wildman–Crippen LogP) is 3.29. The number of hydrogen-bond donors (Lipinski definition) is 1. The van der Waals surface area contributed by atoms with E-state index in [1.165, 1.54) is 10.6 Å². The first-order valence-corrected chi connectivity index (χ1v) is 5.67. The number of halogens is 4. The third kappa shape index (κ3) is 2.12. The third-order valence-electron chi connectivity index (χ3n) is 1.80. The van der Waals surface area contributed by atoms with E-state index >= 15 is 0 Å². The van der Waals surface area contributed by atoms with Crippen LogP contribution >= 0.6 is 27.7 Å². The maximum atomic E-state index is 12.3.